The summed E-state index contributed by atoms with van der Waals surface area (Å²) < 4.78 is 10.4. The maximum atomic E-state index is 12.1. The molecule has 114 valence electrons. The van der Waals surface area contributed by atoms with Gasteiger partial charge in [0.05, 0.1) is 26.1 Å². The number of amides is 1. The molecule has 2 atom stereocenters. The summed E-state index contributed by atoms with van der Waals surface area (Å²) in [6, 6.07) is 5.36. The molecule has 1 amide bonds. The highest BCUT2D eigenvalue weighted by Crippen LogP contribution is 2.30. The SMILES string of the molecule is COc1ccc(CN2C[C@H](C(=O)O)[C@@H](C)C2=O)c(OC)c1. The number of hydrogen-bond acceptors (Lipinski definition) is 4. The van der Waals surface area contributed by atoms with Gasteiger partial charge in [0.1, 0.15) is 11.5 Å². The van der Waals surface area contributed by atoms with E-state index in [1.807, 2.05) is 6.07 Å². The Morgan fingerprint density at radius 3 is 2.62 bits per heavy atom. The van der Waals surface area contributed by atoms with Crippen LogP contribution in [0.2, 0.25) is 0 Å². The van der Waals surface area contributed by atoms with Gasteiger partial charge in [-0.05, 0) is 12.1 Å². The fourth-order valence-corrected chi connectivity index (χ4v) is 2.57. The molecular formula is C15H19NO5. The number of carbonyl (C=O) groups excluding carboxylic acids is 1. The first-order valence-electron chi connectivity index (χ1n) is 6.70. The van der Waals surface area contributed by atoms with Crippen molar-refractivity contribution < 1.29 is 24.2 Å². The lowest BCUT2D eigenvalue weighted by molar-refractivity contribution is -0.143. The highest BCUT2D eigenvalue weighted by Gasteiger charge is 2.41. The third-order valence-corrected chi connectivity index (χ3v) is 3.89. The van der Waals surface area contributed by atoms with Crippen molar-refractivity contribution in [1.82, 2.24) is 4.90 Å². The second-order valence-corrected chi connectivity index (χ2v) is 5.13. The van der Waals surface area contributed by atoms with Crippen molar-refractivity contribution in [2.24, 2.45) is 11.8 Å². The van der Waals surface area contributed by atoms with E-state index < -0.39 is 17.8 Å². The van der Waals surface area contributed by atoms with Crippen molar-refractivity contribution >= 4 is 11.9 Å². The largest absolute Gasteiger partial charge is 0.497 e. The van der Waals surface area contributed by atoms with Crippen molar-refractivity contribution in [3.8, 4) is 11.5 Å². The summed E-state index contributed by atoms with van der Waals surface area (Å²) >= 11 is 0. The first-order valence-corrected chi connectivity index (χ1v) is 6.70. The number of carboxylic acid groups (broad SMARTS) is 1. The Bertz CT molecular complexity index is 557. The molecule has 1 aromatic rings. The van der Waals surface area contributed by atoms with E-state index in [9.17, 15) is 9.59 Å². The van der Waals surface area contributed by atoms with Gasteiger partial charge in [0.25, 0.3) is 0 Å². The molecule has 0 unspecified atom stereocenters. The number of ether oxygens (including phenoxy) is 2. The van der Waals surface area contributed by atoms with Crippen LogP contribution in [-0.2, 0) is 16.1 Å². The van der Waals surface area contributed by atoms with Gasteiger partial charge in [-0.1, -0.05) is 6.92 Å². The molecule has 1 fully saturated rings. The summed E-state index contributed by atoms with van der Waals surface area (Å²) in [4.78, 5) is 24.8. The molecule has 6 heteroatoms. The van der Waals surface area contributed by atoms with E-state index in [1.165, 1.54) is 0 Å². The predicted octanol–water partition coefficient (Wildman–Crippen LogP) is 1.38. The zero-order chi connectivity index (χ0) is 15.6. The quantitative estimate of drug-likeness (QED) is 0.887. The first-order chi connectivity index (χ1) is 9.97. The lowest BCUT2D eigenvalue weighted by Crippen LogP contribution is -2.26. The molecule has 1 heterocycles. The lowest BCUT2D eigenvalue weighted by Gasteiger charge is -2.18. The van der Waals surface area contributed by atoms with Crippen LogP contribution in [0, 0.1) is 11.8 Å². The van der Waals surface area contributed by atoms with Crippen LogP contribution in [0.1, 0.15) is 12.5 Å². The van der Waals surface area contributed by atoms with Gasteiger partial charge >= 0.3 is 5.97 Å². The van der Waals surface area contributed by atoms with Crippen molar-refractivity contribution in [3.63, 3.8) is 0 Å². The molecule has 1 aliphatic rings. The van der Waals surface area contributed by atoms with Crippen LogP contribution in [0.25, 0.3) is 0 Å². The number of carbonyl (C=O) groups is 2. The zero-order valence-corrected chi connectivity index (χ0v) is 12.3. The molecule has 21 heavy (non-hydrogen) atoms. The number of benzene rings is 1. The normalized spacial score (nSPS) is 21.5. The molecule has 6 nitrogen and oxygen atoms in total. The van der Waals surface area contributed by atoms with Gasteiger partial charge in [0.2, 0.25) is 5.91 Å². The van der Waals surface area contributed by atoms with Crippen LogP contribution in [0.5, 0.6) is 11.5 Å². The van der Waals surface area contributed by atoms with Crippen LogP contribution in [0.4, 0.5) is 0 Å². The average Bonchev–Trinajstić information content (AvgIpc) is 2.76. The standard InChI is InChI=1S/C15H19NO5/c1-9-12(15(18)19)8-16(14(9)17)7-10-4-5-11(20-2)6-13(10)21-3/h4-6,9,12H,7-8H2,1-3H3,(H,18,19)/t9-,12+/m1/s1. The summed E-state index contributed by atoms with van der Waals surface area (Å²) in [5.74, 6) is -0.928. The van der Waals surface area contributed by atoms with Crippen molar-refractivity contribution in [2.45, 2.75) is 13.5 Å². The maximum absolute atomic E-state index is 12.1. The molecule has 1 N–H and O–H groups in total. The molecule has 1 aliphatic heterocycles. The molecule has 1 saturated heterocycles. The summed E-state index contributed by atoms with van der Waals surface area (Å²) in [6.45, 7) is 2.22. The lowest BCUT2D eigenvalue weighted by atomic mass is 9.98. The number of rotatable bonds is 5. The number of likely N-dealkylation sites (tertiary alicyclic amines) is 1. The summed E-state index contributed by atoms with van der Waals surface area (Å²) in [5, 5.41) is 9.13. The van der Waals surface area contributed by atoms with Crippen LogP contribution in [0.15, 0.2) is 18.2 Å². The molecule has 0 bridgehead atoms. The Hall–Kier alpha value is -2.24. The fraction of sp³-hybridized carbons (Fsp3) is 0.467. The number of hydrogen-bond donors (Lipinski definition) is 1. The third-order valence-electron chi connectivity index (χ3n) is 3.89. The van der Waals surface area contributed by atoms with Crippen molar-refractivity contribution in [3.05, 3.63) is 23.8 Å². The average molecular weight is 293 g/mol. The Morgan fingerprint density at radius 2 is 2.10 bits per heavy atom. The van der Waals surface area contributed by atoms with Crippen molar-refractivity contribution in [2.75, 3.05) is 20.8 Å². The smallest absolute Gasteiger partial charge is 0.309 e. The number of aliphatic carboxylic acids is 1. The molecule has 0 aromatic heterocycles. The predicted molar refractivity (Wildman–Crippen MR) is 75.3 cm³/mol. The highest BCUT2D eigenvalue weighted by atomic mass is 16.5. The van der Waals surface area contributed by atoms with E-state index in [2.05, 4.69) is 0 Å². The Kier molecular flexibility index (Phi) is 4.35. The minimum absolute atomic E-state index is 0.139. The number of nitrogens with zero attached hydrogens (tertiary/aromatic N) is 1. The van der Waals surface area contributed by atoms with Gasteiger partial charge in [0.15, 0.2) is 0 Å². The molecule has 0 saturated carbocycles. The highest BCUT2D eigenvalue weighted by molar-refractivity contribution is 5.88. The summed E-state index contributed by atoms with van der Waals surface area (Å²) in [6.07, 6.45) is 0. The molecule has 1 aromatic carbocycles. The van der Waals surface area contributed by atoms with Gasteiger partial charge in [-0.3, -0.25) is 9.59 Å². The second kappa shape index (κ2) is 6.03. The van der Waals surface area contributed by atoms with E-state index in [0.717, 1.165) is 5.56 Å². The second-order valence-electron chi connectivity index (χ2n) is 5.13. The minimum Gasteiger partial charge on any atom is -0.497 e. The fourth-order valence-electron chi connectivity index (χ4n) is 2.57. The molecule has 0 aliphatic carbocycles. The minimum atomic E-state index is -0.931. The van der Waals surface area contributed by atoms with E-state index in [0.29, 0.717) is 18.0 Å². The Labute approximate surface area is 123 Å². The van der Waals surface area contributed by atoms with E-state index in [4.69, 9.17) is 14.6 Å². The van der Waals surface area contributed by atoms with Gasteiger partial charge in [0, 0.05) is 24.7 Å². The van der Waals surface area contributed by atoms with Crippen LogP contribution in [-0.4, -0.2) is 42.6 Å². The first kappa shape index (κ1) is 15.2. The summed E-state index contributed by atoms with van der Waals surface area (Å²) in [5.41, 5.74) is 0.824. The van der Waals surface area contributed by atoms with E-state index >= 15 is 0 Å². The molecule has 0 spiro atoms. The van der Waals surface area contributed by atoms with Crippen molar-refractivity contribution in [1.29, 1.82) is 0 Å². The van der Waals surface area contributed by atoms with E-state index in [1.54, 1.807) is 38.2 Å². The maximum Gasteiger partial charge on any atom is 0.309 e. The number of carboxylic acids is 1. The van der Waals surface area contributed by atoms with Gasteiger partial charge in [-0.15, -0.1) is 0 Å². The van der Waals surface area contributed by atoms with Crippen LogP contribution < -0.4 is 9.47 Å². The molecule has 0 radical (unpaired) electrons. The topological polar surface area (TPSA) is 76.1 Å². The molecular weight excluding hydrogens is 274 g/mol. The van der Waals surface area contributed by atoms with Gasteiger partial charge < -0.3 is 19.5 Å². The van der Waals surface area contributed by atoms with Gasteiger partial charge in [-0.2, -0.15) is 0 Å². The molecule has 2 rings (SSSR count). The third kappa shape index (κ3) is 2.94. The number of methoxy groups -OCH3 is 2. The van der Waals surface area contributed by atoms with Crippen LogP contribution in [0.3, 0.4) is 0 Å². The monoisotopic (exact) mass is 293 g/mol. The van der Waals surface area contributed by atoms with E-state index in [-0.39, 0.29) is 12.5 Å². The van der Waals surface area contributed by atoms with Gasteiger partial charge in [-0.25, -0.2) is 0 Å². The Morgan fingerprint density at radius 1 is 1.38 bits per heavy atom. The Balaban J connectivity index is 2.19. The summed E-state index contributed by atoms with van der Waals surface area (Å²) in [7, 11) is 3.12. The van der Waals surface area contributed by atoms with Crippen LogP contribution >= 0.6 is 0 Å². The zero-order valence-electron chi connectivity index (χ0n) is 12.3.